The van der Waals surface area contributed by atoms with Crippen LogP contribution in [0.25, 0.3) is 11.0 Å². The predicted molar refractivity (Wildman–Crippen MR) is 98.6 cm³/mol. The molecule has 0 saturated carbocycles. The van der Waals surface area contributed by atoms with Gasteiger partial charge in [0.25, 0.3) is 5.91 Å². The van der Waals surface area contributed by atoms with Crippen molar-refractivity contribution in [2.24, 2.45) is 0 Å². The Balaban J connectivity index is 1.73. The fraction of sp³-hybridized carbons (Fsp3) is 0.0526. The molecule has 3 heterocycles. The van der Waals surface area contributed by atoms with Gasteiger partial charge in [-0.05, 0) is 46.7 Å². The van der Waals surface area contributed by atoms with Gasteiger partial charge >= 0.3 is 0 Å². The third-order valence-corrected chi connectivity index (χ3v) is 4.52. The average Bonchev–Trinajstić information content (AvgIpc) is 3.19. The first kappa shape index (κ1) is 15.4. The third kappa shape index (κ3) is 3.25. The molecule has 5 nitrogen and oxygen atoms in total. The number of thiophene rings is 1. The van der Waals surface area contributed by atoms with E-state index in [1.165, 1.54) is 6.20 Å². The van der Waals surface area contributed by atoms with Gasteiger partial charge in [-0.3, -0.25) is 14.8 Å². The number of hydrogen-bond donors (Lipinski definition) is 0. The molecular formula is C19H14N4OS. The number of aromatic nitrogens is 3. The van der Waals surface area contributed by atoms with E-state index < -0.39 is 0 Å². The van der Waals surface area contributed by atoms with Crippen LogP contribution in [-0.4, -0.2) is 20.9 Å². The zero-order chi connectivity index (χ0) is 17.1. The monoisotopic (exact) mass is 346 g/mol. The van der Waals surface area contributed by atoms with E-state index in [0.29, 0.717) is 17.8 Å². The zero-order valence-corrected chi connectivity index (χ0v) is 14.1. The molecule has 0 aliphatic carbocycles. The summed E-state index contributed by atoms with van der Waals surface area (Å²) in [6, 6.07) is 13.2. The molecule has 0 spiro atoms. The Hall–Kier alpha value is -3.12. The van der Waals surface area contributed by atoms with Crippen molar-refractivity contribution in [2.75, 3.05) is 4.90 Å². The van der Waals surface area contributed by atoms with Crippen LogP contribution in [0.2, 0.25) is 0 Å². The smallest absolute Gasteiger partial charge is 0.278 e. The lowest BCUT2D eigenvalue weighted by molar-refractivity contribution is 0.0980. The maximum Gasteiger partial charge on any atom is 0.278 e. The van der Waals surface area contributed by atoms with E-state index in [9.17, 15) is 4.79 Å². The van der Waals surface area contributed by atoms with Crippen LogP contribution in [0.15, 0.2) is 71.8 Å². The fourth-order valence-corrected chi connectivity index (χ4v) is 3.22. The van der Waals surface area contributed by atoms with Crippen molar-refractivity contribution < 1.29 is 4.79 Å². The molecule has 0 atom stereocenters. The van der Waals surface area contributed by atoms with Gasteiger partial charge in [0.05, 0.1) is 35.7 Å². The fourth-order valence-electron chi connectivity index (χ4n) is 2.56. The molecule has 0 radical (unpaired) electrons. The standard InChI is InChI=1S/C19H14N4OS/c24-19(18-11-21-16-5-1-2-6-17(16)22-18)23(12-14-7-9-25-13-14)15-4-3-8-20-10-15/h1-11,13H,12H2. The van der Waals surface area contributed by atoms with E-state index in [2.05, 4.69) is 15.0 Å². The second-order valence-electron chi connectivity index (χ2n) is 5.48. The molecule has 1 aromatic carbocycles. The van der Waals surface area contributed by atoms with Gasteiger partial charge in [0.2, 0.25) is 0 Å². The number of amides is 1. The Kier molecular flexibility index (Phi) is 4.18. The number of nitrogens with zero attached hydrogens (tertiary/aromatic N) is 4. The van der Waals surface area contributed by atoms with Crippen LogP contribution in [0.5, 0.6) is 0 Å². The van der Waals surface area contributed by atoms with Crippen LogP contribution in [0.1, 0.15) is 16.1 Å². The van der Waals surface area contributed by atoms with E-state index in [-0.39, 0.29) is 5.91 Å². The summed E-state index contributed by atoms with van der Waals surface area (Å²) >= 11 is 1.60. The summed E-state index contributed by atoms with van der Waals surface area (Å²) in [5, 5.41) is 4.03. The molecule has 25 heavy (non-hydrogen) atoms. The minimum absolute atomic E-state index is 0.197. The van der Waals surface area contributed by atoms with Gasteiger partial charge in [-0.25, -0.2) is 4.98 Å². The molecule has 0 N–H and O–H groups in total. The Bertz CT molecular complexity index is 1000. The quantitative estimate of drug-likeness (QED) is 0.562. The normalized spacial score (nSPS) is 10.7. The van der Waals surface area contributed by atoms with Gasteiger partial charge in [-0.2, -0.15) is 11.3 Å². The van der Waals surface area contributed by atoms with Crippen LogP contribution in [0.4, 0.5) is 5.69 Å². The highest BCUT2D eigenvalue weighted by Crippen LogP contribution is 2.20. The van der Waals surface area contributed by atoms with Crippen molar-refractivity contribution >= 4 is 34.0 Å². The van der Waals surface area contributed by atoms with Gasteiger partial charge in [0, 0.05) is 6.20 Å². The van der Waals surface area contributed by atoms with Crippen LogP contribution < -0.4 is 4.90 Å². The SMILES string of the molecule is O=C(c1cnc2ccccc2n1)N(Cc1ccsc1)c1cccnc1. The minimum Gasteiger partial charge on any atom is -0.301 e. The number of para-hydroxylation sites is 2. The highest BCUT2D eigenvalue weighted by molar-refractivity contribution is 7.07. The van der Waals surface area contributed by atoms with Gasteiger partial charge in [-0.15, -0.1) is 0 Å². The van der Waals surface area contributed by atoms with Crippen molar-refractivity contribution in [1.29, 1.82) is 0 Å². The zero-order valence-electron chi connectivity index (χ0n) is 13.2. The van der Waals surface area contributed by atoms with Crippen LogP contribution in [0, 0.1) is 0 Å². The number of hydrogen-bond acceptors (Lipinski definition) is 5. The van der Waals surface area contributed by atoms with Crippen molar-refractivity contribution in [3.8, 4) is 0 Å². The molecule has 4 rings (SSSR count). The van der Waals surface area contributed by atoms with Crippen LogP contribution in [0.3, 0.4) is 0 Å². The molecule has 122 valence electrons. The van der Waals surface area contributed by atoms with E-state index in [4.69, 9.17) is 0 Å². The molecule has 0 bridgehead atoms. The largest absolute Gasteiger partial charge is 0.301 e. The summed E-state index contributed by atoms with van der Waals surface area (Å²) in [6.45, 7) is 0.461. The number of anilines is 1. The van der Waals surface area contributed by atoms with Crippen molar-refractivity contribution in [3.63, 3.8) is 0 Å². The molecule has 4 aromatic rings. The number of carbonyl (C=O) groups is 1. The summed E-state index contributed by atoms with van der Waals surface area (Å²) in [4.78, 5) is 27.8. The first-order chi connectivity index (χ1) is 12.3. The lowest BCUT2D eigenvalue weighted by Gasteiger charge is -2.21. The van der Waals surface area contributed by atoms with E-state index in [1.54, 1.807) is 28.6 Å². The second kappa shape index (κ2) is 6.78. The molecule has 0 unspecified atom stereocenters. The van der Waals surface area contributed by atoms with Gasteiger partial charge in [0.1, 0.15) is 5.69 Å². The van der Waals surface area contributed by atoms with Crippen molar-refractivity contribution in [1.82, 2.24) is 15.0 Å². The Labute approximate surface area is 148 Å². The summed E-state index contributed by atoms with van der Waals surface area (Å²) in [6.07, 6.45) is 4.90. The summed E-state index contributed by atoms with van der Waals surface area (Å²) in [5.41, 5.74) is 3.59. The molecular weight excluding hydrogens is 332 g/mol. The summed E-state index contributed by atoms with van der Waals surface area (Å²) < 4.78 is 0. The van der Waals surface area contributed by atoms with Crippen molar-refractivity contribution in [2.45, 2.75) is 6.54 Å². The van der Waals surface area contributed by atoms with E-state index >= 15 is 0 Å². The van der Waals surface area contributed by atoms with Gasteiger partial charge in [-0.1, -0.05) is 12.1 Å². The predicted octanol–water partition coefficient (Wildman–Crippen LogP) is 3.93. The number of rotatable bonds is 4. The highest BCUT2D eigenvalue weighted by atomic mass is 32.1. The maximum atomic E-state index is 13.1. The maximum absolute atomic E-state index is 13.1. The first-order valence-corrected chi connectivity index (χ1v) is 8.70. The van der Waals surface area contributed by atoms with Crippen molar-refractivity contribution in [3.05, 3.63) is 83.1 Å². The first-order valence-electron chi connectivity index (χ1n) is 7.76. The molecule has 0 fully saturated rings. The minimum atomic E-state index is -0.197. The van der Waals surface area contributed by atoms with E-state index in [1.807, 2.05) is 53.2 Å². The Morgan fingerprint density at radius 1 is 1.04 bits per heavy atom. The Morgan fingerprint density at radius 3 is 2.68 bits per heavy atom. The summed E-state index contributed by atoms with van der Waals surface area (Å²) in [5.74, 6) is -0.197. The Morgan fingerprint density at radius 2 is 1.92 bits per heavy atom. The summed E-state index contributed by atoms with van der Waals surface area (Å²) in [7, 11) is 0. The van der Waals surface area contributed by atoms with Gasteiger partial charge < -0.3 is 4.90 Å². The third-order valence-electron chi connectivity index (χ3n) is 3.79. The molecule has 0 aliphatic heterocycles. The second-order valence-corrected chi connectivity index (χ2v) is 6.26. The van der Waals surface area contributed by atoms with Crippen LogP contribution >= 0.6 is 11.3 Å². The number of benzene rings is 1. The average molecular weight is 346 g/mol. The lowest BCUT2D eigenvalue weighted by Crippen LogP contribution is -2.31. The molecule has 6 heteroatoms. The molecule has 3 aromatic heterocycles. The number of fused-ring (bicyclic) bond motifs is 1. The lowest BCUT2D eigenvalue weighted by atomic mass is 10.2. The topological polar surface area (TPSA) is 59.0 Å². The molecule has 0 aliphatic rings. The number of pyridine rings is 1. The van der Waals surface area contributed by atoms with Crippen LogP contribution in [-0.2, 0) is 6.54 Å². The molecule has 0 saturated heterocycles. The van der Waals surface area contributed by atoms with E-state index in [0.717, 1.165) is 16.8 Å². The van der Waals surface area contributed by atoms with Gasteiger partial charge in [0.15, 0.2) is 0 Å². The highest BCUT2D eigenvalue weighted by Gasteiger charge is 2.20. The number of carbonyl (C=O) groups excluding carboxylic acids is 1. The molecule has 1 amide bonds.